The van der Waals surface area contributed by atoms with Crippen LogP contribution in [-0.2, 0) is 22.5 Å². The fourth-order valence-electron chi connectivity index (χ4n) is 2.60. The predicted molar refractivity (Wildman–Crippen MR) is 108 cm³/mol. The summed E-state index contributed by atoms with van der Waals surface area (Å²) in [4.78, 5) is 16.5. The fraction of sp³-hybridized carbons (Fsp3) is 0.158. The zero-order valence-corrected chi connectivity index (χ0v) is 16.9. The number of ether oxygens (including phenoxy) is 1. The van der Waals surface area contributed by atoms with Crippen LogP contribution in [0, 0.1) is 0 Å². The van der Waals surface area contributed by atoms with Gasteiger partial charge in [-0.2, -0.15) is 0 Å². The number of carbonyl (C=O) groups excluding carboxylic acids is 1. The van der Waals surface area contributed by atoms with Gasteiger partial charge in [-0.05, 0) is 29.8 Å². The third-order valence-corrected chi connectivity index (χ3v) is 4.93. The molecule has 0 N–H and O–H groups in total. The van der Waals surface area contributed by atoms with Crippen LogP contribution in [0.2, 0.25) is 20.1 Å². The molecule has 2 aromatic carbocycles. The topological polar surface area (TPSA) is 44.1 Å². The van der Waals surface area contributed by atoms with Gasteiger partial charge in [0.25, 0.3) is 0 Å². The van der Waals surface area contributed by atoms with E-state index >= 15 is 0 Å². The Kier molecular flexibility index (Phi) is 6.66. The lowest BCUT2D eigenvalue weighted by atomic mass is 10.1. The van der Waals surface area contributed by atoms with Crippen molar-refractivity contribution >= 4 is 52.4 Å². The van der Waals surface area contributed by atoms with Gasteiger partial charge in [-0.1, -0.05) is 58.5 Å². The van der Waals surface area contributed by atoms with Crippen LogP contribution in [0.4, 0.5) is 0 Å². The number of rotatable bonds is 6. The maximum atomic E-state index is 12.5. The van der Waals surface area contributed by atoms with Crippen molar-refractivity contribution in [2.75, 3.05) is 0 Å². The smallest absolute Gasteiger partial charge is 0.310 e. The summed E-state index contributed by atoms with van der Waals surface area (Å²) in [6.45, 7) is 0.313. The molecule has 0 spiro atoms. The first kappa shape index (κ1) is 20.0. The highest BCUT2D eigenvalue weighted by Gasteiger charge is 2.24. The van der Waals surface area contributed by atoms with Crippen molar-refractivity contribution in [3.8, 4) is 0 Å². The second kappa shape index (κ2) is 8.98. The maximum absolute atomic E-state index is 12.5. The monoisotopic (exact) mass is 442 g/mol. The molecule has 4 nitrogen and oxygen atoms in total. The van der Waals surface area contributed by atoms with Gasteiger partial charge in [0, 0.05) is 28.0 Å². The average molecular weight is 444 g/mol. The summed E-state index contributed by atoms with van der Waals surface area (Å²) in [5.74, 6) is -0.412. The van der Waals surface area contributed by atoms with Crippen LogP contribution < -0.4 is 0 Å². The highest BCUT2D eigenvalue weighted by atomic mass is 35.5. The SMILES string of the molecule is O=C(Cc1ccc(Cl)cc1)OC(Cn1ccnc1)c1c(Cl)cc(Cl)cc1Cl. The van der Waals surface area contributed by atoms with E-state index in [9.17, 15) is 4.79 Å². The number of carbonyl (C=O) groups is 1. The molecule has 3 aromatic rings. The van der Waals surface area contributed by atoms with Crippen molar-refractivity contribution in [2.24, 2.45) is 0 Å². The minimum absolute atomic E-state index is 0.0976. The van der Waals surface area contributed by atoms with Crippen LogP contribution in [-0.4, -0.2) is 15.5 Å². The number of imidazole rings is 1. The van der Waals surface area contributed by atoms with Crippen LogP contribution in [0.5, 0.6) is 0 Å². The molecule has 0 aliphatic carbocycles. The molecule has 3 rings (SSSR count). The van der Waals surface area contributed by atoms with E-state index in [4.69, 9.17) is 51.1 Å². The standard InChI is InChI=1S/C19H14Cl4N2O2/c20-13-3-1-12(2-4-13)7-18(26)27-17(10-25-6-5-24-11-25)19-15(22)8-14(21)9-16(19)23/h1-6,8-9,11,17H,7,10H2. The molecule has 0 aliphatic rings. The van der Waals surface area contributed by atoms with E-state index in [1.54, 1.807) is 59.7 Å². The highest BCUT2D eigenvalue weighted by Crippen LogP contribution is 2.36. The quantitative estimate of drug-likeness (QED) is 0.437. The molecule has 8 heteroatoms. The van der Waals surface area contributed by atoms with Crippen molar-refractivity contribution in [3.63, 3.8) is 0 Å². The Hall–Kier alpha value is -1.72. The van der Waals surface area contributed by atoms with Gasteiger partial charge in [0.2, 0.25) is 0 Å². The second-order valence-electron chi connectivity index (χ2n) is 5.82. The van der Waals surface area contributed by atoms with Crippen LogP contribution in [0.1, 0.15) is 17.2 Å². The summed E-state index contributed by atoms with van der Waals surface area (Å²) in [5.41, 5.74) is 1.29. The van der Waals surface area contributed by atoms with Crippen LogP contribution in [0.25, 0.3) is 0 Å². The van der Waals surface area contributed by atoms with E-state index < -0.39 is 12.1 Å². The molecule has 0 bridgehead atoms. The zero-order chi connectivity index (χ0) is 19.4. The Labute approximate surface area is 176 Å². The maximum Gasteiger partial charge on any atom is 0.310 e. The summed E-state index contributed by atoms with van der Waals surface area (Å²) in [5, 5.41) is 1.67. The molecular formula is C19H14Cl4N2O2. The van der Waals surface area contributed by atoms with Gasteiger partial charge in [-0.25, -0.2) is 4.98 Å². The molecule has 27 heavy (non-hydrogen) atoms. The number of benzene rings is 2. The summed E-state index contributed by atoms with van der Waals surface area (Å²) < 4.78 is 7.49. The van der Waals surface area contributed by atoms with Crippen LogP contribution in [0.15, 0.2) is 55.1 Å². The highest BCUT2D eigenvalue weighted by molar-refractivity contribution is 6.39. The number of hydrogen-bond acceptors (Lipinski definition) is 3. The van der Waals surface area contributed by atoms with Gasteiger partial charge < -0.3 is 9.30 Å². The summed E-state index contributed by atoms with van der Waals surface area (Å²) in [7, 11) is 0. The summed E-state index contributed by atoms with van der Waals surface area (Å²) in [6.07, 6.45) is 4.42. The van der Waals surface area contributed by atoms with Gasteiger partial charge in [0.1, 0.15) is 6.10 Å². The van der Waals surface area contributed by atoms with E-state index in [0.717, 1.165) is 5.56 Å². The van der Waals surface area contributed by atoms with Gasteiger partial charge in [-0.15, -0.1) is 0 Å². The normalized spacial score (nSPS) is 12.0. The van der Waals surface area contributed by atoms with Crippen molar-refractivity contribution in [2.45, 2.75) is 19.1 Å². The molecule has 1 unspecified atom stereocenters. The van der Waals surface area contributed by atoms with Gasteiger partial charge in [-0.3, -0.25) is 4.79 Å². The molecule has 0 radical (unpaired) electrons. The molecule has 1 heterocycles. The first-order valence-corrected chi connectivity index (χ1v) is 9.47. The lowest BCUT2D eigenvalue weighted by Crippen LogP contribution is -2.18. The van der Waals surface area contributed by atoms with E-state index in [-0.39, 0.29) is 6.42 Å². The minimum atomic E-state index is -0.698. The lowest BCUT2D eigenvalue weighted by molar-refractivity contribution is -0.149. The largest absolute Gasteiger partial charge is 0.455 e. The van der Waals surface area contributed by atoms with E-state index in [2.05, 4.69) is 4.98 Å². The molecule has 0 saturated heterocycles. The van der Waals surface area contributed by atoms with Crippen LogP contribution >= 0.6 is 46.4 Å². The zero-order valence-electron chi connectivity index (χ0n) is 13.9. The Balaban J connectivity index is 1.84. The van der Waals surface area contributed by atoms with Crippen molar-refractivity contribution < 1.29 is 9.53 Å². The van der Waals surface area contributed by atoms with E-state index in [1.807, 2.05) is 0 Å². The first-order chi connectivity index (χ1) is 12.9. The van der Waals surface area contributed by atoms with Gasteiger partial charge >= 0.3 is 5.97 Å². The number of aromatic nitrogens is 2. The Morgan fingerprint density at radius 2 is 1.70 bits per heavy atom. The molecular weight excluding hydrogens is 430 g/mol. The van der Waals surface area contributed by atoms with Gasteiger partial charge in [0.15, 0.2) is 0 Å². The number of hydrogen-bond donors (Lipinski definition) is 0. The minimum Gasteiger partial charge on any atom is -0.455 e. The van der Waals surface area contributed by atoms with E-state index in [0.29, 0.717) is 32.2 Å². The molecule has 0 aliphatic heterocycles. The molecule has 0 amide bonds. The summed E-state index contributed by atoms with van der Waals surface area (Å²) in [6, 6.07) is 10.1. The Morgan fingerprint density at radius 1 is 1.04 bits per heavy atom. The lowest BCUT2D eigenvalue weighted by Gasteiger charge is -2.21. The molecule has 1 atom stereocenters. The van der Waals surface area contributed by atoms with Crippen molar-refractivity contribution in [3.05, 3.63) is 86.3 Å². The third kappa shape index (κ3) is 5.39. The number of esters is 1. The van der Waals surface area contributed by atoms with Gasteiger partial charge in [0.05, 0.1) is 29.3 Å². The number of halogens is 4. The van der Waals surface area contributed by atoms with Crippen molar-refractivity contribution in [1.82, 2.24) is 9.55 Å². The Morgan fingerprint density at radius 3 is 2.30 bits per heavy atom. The first-order valence-electron chi connectivity index (χ1n) is 7.96. The molecule has 0 fully saturated rings. The molecule has 0 saturated carbocycles. The summed E-state index contributed by atoms with van der Waals surface area (Å²) >= 11 is 24.5. The molecule has 140 valence electrons. The van der Waals surface area contributed by atoms with Crippen molar-refractivity contribution in [1.29, 1.82) is 0 Å². The van der Waals surface area contributed by atoms with E-state index in [1.165, 1.54) is 0 Å². The fourth-order valence-corrected chi connectivity index (χ4v) is 3.79. The Bertz CT molecular complexity index is 904. The van der Waals surface area contributed by atoms with Crippen LogP contribution in [0.3, 0.4) is 0 Å². The predicted octanol–water partition coefficient (Wildman–Crippen LogP) is 6.02. The number of nitrogens with zero attached hydrogens (tertiary/aromatic N) is 2. The second-order valence-corrected chi connectivity index (χ2v) is 7.51. The third-order valence-electron chi connectivity index (χ3n) is 3.84. The average Bonchev–Trinajstić information content (AvgIpc) is 3.09. The molecule has 1 aromatic heterocycles.